The molecule has 0 radical (unpaired) electrons. The summed E-state index contributed by atoms with van der Waals surface area (Å²) in [4.78, 5) is 2.36. The van der Waals surface area contributed by atoms with E-state index in [1.807, 2.05) is 12.1 Å². The molecule has 1 aromatic rings. The van der Waals surface area contributed by atoms with Gasteiger partial charge in [-0.25, -0.2) is 0 Å². The Labute approximate surface area is 124 Å². The molecule has 1 saturated heterocycles. The van der Waals surface area contributed by atoms with E-state index in [1.165, 1.54) is 0 Å². The van der Waals surface area contributed by atoms with Gasteiger partial charge in [-0.1, -0.05) is 30.1 Å². The number of rotatable bonds is 4. The highest BCUT2D eigenvalue weighted by Gasteiger charge is 2.26. The first-order valence-electron chi connectivity index (χ1n) is 6.65. The second-order valence-electron chi connectivity index (χ2n) is 4.85. The van der Waals surface area contributed by atoms with Gasteiger partial charge in [-0.2, -0.15) is 0 Å². The Morgan fingerprint density at radius 1 is 1.37 bits per heavy atom. The minimum atomic E-state index is 0.147. The monoisotopic (exact) mass is 302 g/mol. The van der Waals surface area contributed by atoms with Crippen LogP contribution in [-0.4, -0.2) is 37.2 Å². The fourth-order valence-electron chi connectivity index (χ4n) is 2.54. The maximum Gasteiger partial charge on any atom is 0.0700 e. The van der Waals surface area contributed by atoms with Gasteiger partial charge in [-0.05, 0) is 30.2 Å². The van der Waals surface area contributed by atoms with Crippen LogP contribution in [-0.2, 0) is 4.74 Å². The number of halogens is 2. The first-order valence-corrected chi connectivity index (χ1v) is 7.41. The van der Waals surface area contributed by atoms with Crippen molar-refractivity contribution in [3.8, 4) is 0 Å². The second kappa shape index (κ2) is 6.91. The van der Waals surface area contributed by atoms with Crippen LogP contribution >= 0.6 is 23.2 Å². The van der Waals surface area contributed by atoms with E-state index in [0.717, 1.165) is 31.7 Å². The molecule has 3 nitrogen and oxygen atoms in total. The summed E-state index contributed by atoms with van der Waals surface area (Å²) in [5, 5.41) is 1.31. The van der Waals surface area contributed by atoms with Gasteiger partial charge < -0.3 is 10.5 Å². The van der Waals surface area contributed by atoms with E-state index < -0.39 is 0 Å². The zero-order valence-electron chi connectivity index (χ0n) is 11.1. The predicted molar refractivity (Wildman–Crippen MR) is 79.9 cm³/mol. The molecule has 2 N–H and O–H groups in total. The van der Waals surface area contributed by atoms with Crippen molar-refractivity contribution in [1.82, 2.24) is 4.90 Å². The number of benzene rings is 1. The van der Waals surface area contributed by atoms with Crippen LogP contribution in [0.4, 0.5) is 0 Å². The molecule has 1 aliphatic heterocycles. The van der Waals surface area contributed by atoms with Gasteiger partial charge >= 0.3 is 0 Å². The third kappa shape index (κ3) is 3.83. The normalized spacial score (nSPS) is 22.4. The fourth-order valence-corrected chi connectivity index (χ4v) is 3.08. The lowest BCUT2D eigenvalue weighted by molar-refractivity contribution is -0.0437. The lowest BCUT2D eigenvalue weighted by atomic mass is 10.0. The van der Waals surface area contributed by atoms with Crippen LogP contribution in [0.15, 0.2) is 18.2 Å². The van der Waals surface area contributed by atoms with Crippen molar-refractivity contribution < 1.29 is 4.74 Å². The molecule has 0 spiro atoms. The van der Waals surface area contributed by atoms with E-state index in [2.05, 4.69) is 11.8 Å². The molecule has 0 bridgehead atoms. The molecule has 106 valence electrons. The zero-order valence-corrected chi connectivity index (χ0v) is 12.6. The van der Waals surface area contributed by atoms with Gasteiger partial charge in [0.1, 0.15) is 0 Å². The van der Waals surface area contributed by atoms with Gasteiger partial charge in [0.25, 0.3) is 0 Å². The Kier molecular flexibility index (Phi) is 5.48. The molecule has 0 saturated carbocycles. The van der Waals surface area contributed by atoms with Gasteiger partial charge in [-0.3, -0.25) is 4.90 Å². The van der Waals surface area contributed by atoms with Crippen LogP contribution in [0.25, 0.3) is 0 Å². The van der Waals surface area contributed by atoms with Crippen LogP contribution in [0.1, 0.15) is 24.9 Å². The average Bonchev–Trinajstić information content (AvgIpc) is 2.39. The lowest BCUT2D eigenvalue weighted by Gasteiger charge is -2.38. The van der Waals surface area contributed by atoms with Crippen LogP contribution in [0.3, 0.4) is 0 Å². The molecule has 2 rings (SSSR count). The van der Waals surface area contributed by atoms with E-state index in [4.69, 9.17) is 33.7 Å². The van der Waals surface area contributed by atoms with Crippen molar-refractivity contribution >= 4 is 23.2 Å². The minimum Gasteiger partial charge on any atom is -0.376 e. The lowest BCUT2D eigenvalue weighted by Crippen LogP contribution is -2.46. The number of nitrogens with two attached hydrogens (primary N) is 1. The summed E-state index contributed by atoms with van der Waals surface area (Å²) in [5.41, 5.74) is 7.03. The predicted octanol–water partition coefficient (Wildman–Crippen LogP) is 3.10. The molecule has 1 heterocycles. The molecular weight excluding hydrogens is 283 g/mol. The zero-order chi connectivity index (χ0) is 13.8. The second-order valence-corrected chi connectivity index (χ2v) is 5.72. The summed E-state index contributed by atoms with van der Waals surface area (Å²) >= 11 is 12.2. The standard InChI is InChI=1S/C14H20Cl2N2O/c1-2-13-9-18(3-4-19-13)14(8-17)10-5-11(15)7-12(16)6-10/h5-7,13-14H,2-4,8-9,17H2,1H3. The maximum absolute atomic E-state index is 6.08. The number of nitrogens with zero attached hydrogens (tertiary/aromatic N) is 1. The number of hydrogen-bond donors (Lipinski definition) is 1. The van der Waals surface area contributed by atoms with Crippen LogP contribution in [0.2, 0.25) is 10.0 Å². The highest BCUT2D eigenvalue weighted by molar-refractivity contribution is 6.34. The van der Waals surface area contributed by atoms with Crippen LogP contribution in [0, 0.1) is 0 Å². The van der Waals surface area contributed by atoms with Gasteiger partial charge in [-0.15, -0.1) is 0 Å². The largest absolute Gasteiger partial charge is 0.376 e. The van der Waals surface area contributed by atoms with Crippen molar-refractivity contribution in [2.45, 2.75) is 25.5 Å². The van der Waals surface area contributed by atoms with E-state index in [-0.39, 0.29) is 12.1 Å². The number of hydrogen-bond acceptors (Lipinski definition) is 3. The summed E-state index contributed by atoms with van der Waals surface area (Å²) in [6, 6.07) is 5.78. The maximum atomic E-state index is 6.08. The smallest absolute Gasteiger partial charge is 0.0700 e. The first-order chi connectivity index (χ1) is 9.13. The first kappa shape index (κ1) is 15.1. The van der Waals surface area contributed by atoms with E-state index in [1.54, 1.807) is 6.07 Å². The molecule has 2 atom stereocenters. The third-order valence-electron chi connectivity index (χ3n) is 3.56. The molecule has 0 aliphatic carbocycles. The van der Waals surface area contributed by atoms with Gasteiger partial charge in [0.05, 0.1) is 12.7 Å². The molecule has 5 heteroatoms. The molecular formula is C14H20Cl2N2O. The molecule has 1 aliphatic rings. The van der Waals surface area contributed by atoms with Gasteiger partial charge in [0.2, 0.25) is 0 Å². The minimum absolute atomic E-state index is 0.147. The number of morpholine rings is 1. The Balaban J connectivity index is 2.18. The molecule has 19 heavy (non-hydrogen) atoms. The van der Waals surface area contributed by atoms with E-state index >= 15 is 0 Å². The topological polar surface area (TPSA) is 38.5 Å². The Hall–Kier alpha value is -0.320. The molecule has 2 unspecified atom stereocenters. The van der Waals surface area contributed by atoms with Gasteiger partial charge in [0, 0.05) is 35.7 Å². The molecule has 1 aromatic carbocycles. The van der Waals surface area contributed by atoms with Crippen molar-refractivity contribution in [2.24, 2.45) is 5.73 Å². The molecule has 0 aromatic heterocycles. The highest BCUT2D eigenvalue weighted by Crippen LogP contribution is 2.28. The van der Waals surface area contributed by atoms with Gasteiger partial charge in [0.15, 0.2) is 0 Å². The quantitative estimate of drug-likeness (QED) is 0.929. The summed E-state index contributed by atoms with van der Waals surface area (Å²) < 4.78 is 5.70. The molecule has 0 amide bonds. The fraction of sp³-hybridized carbons (Fsp3) is 0.571. The summed E-state index contributed by atoms with van der Waals surface area (Å²) in [7, 11) is 0. The summed E-state index contributed by atoms with van der Waals surface area (Å²) in [5.74, 6) is 0. The van der Waals surface area contributed by atoms with Crippen LogP contribution < -0.4 is 5.73 Å². The summed E-state index contributed by atoms with van der Waals surface area (Å²) in [6.07, 6.45) is 1.31. The van der Waals surface area contributed by atoms with Crippen LogP contribution in [0.5, 0.6) is 0 Å². The Bertz CT molecular complexity index is 408. The van der Waals surface area contributed by atoms with E-state index in [9.17, 15) is 0 Å². The van der Waals surface area contributed by atoms with Crippen molar-refractivity contribution in [2.75, 3.05) is 26.2 Å². The van der Waals surface area contributed by atoms with E-state index in [0.29, 0.717) is 16.6 Å². The Morgan fingerprint density at radius 2 is 2.05 bits per heavy atom. The number of ether oxygens (including phenoxy) is 1. The SMILES string of the molecule is CCC1CN(C(CN)c2cc(Cl)cc(Cl)c2)CCO1. The Morgan fingerprint density at radius 3 is 2.63 bits per heavy atom. The van der Waals surface area contributed by atoms with Crippen molar-refractivity contribution in [1.29, 1.82) is 0 Å². The van der Waals surface area contributed by atoms with Crippen molar-refractivity contribution in [3.05, 3.63) is 33.8 Å². The average molecular weight is 303 g/mol. The highest BCUT2D eigenvalue weighted by atomic mass is 35.5. The third-order valence-corrected chi connectivity index (χ3v) is 4.00. The summed E-state index contributed by atoms with van der Waals surface area (Å²) in [6.45, 7) is 5.24. The molecule has 1 fully saturated rings. The van der Waals surface area contributed by atoms with Crippen molar-refractivity contribution in [3.63, 3.8) is 0 Å².